The fourth-order valence-electron chi connectivity index (χ4n) is 2.83. The summed E-state index contributed by atoms with van der Waals surface area (Å²) >= 11 is 0. The number of hydrogen-bond donors (Lipinski definition) is 1. The third-order valence-electron chi connectivity index (χ3n) is 4.34. The fraction of sp³-hybridized carbons (Fsp3) is 0.933. The molecule has 3 nitrogen and oxygen atoms in total. The van der Waals surface area contributed by atoms with Gasteiger partial charge in [0.2, 0.25) is 0 Å². The molecule has 1 aliphatic rings. The second-order valence-corrected chi connectivity index (χ2v) is 5.97. The van der Waals surface area contributed by atoms with Gasteiger partial charge in [0.15, 0.2) is 0 Å². The van der Waals surface area contributed by atoms with Crippen LogP contribution in [0.5, 0.6) is 0 Å². The van der Waals surface area contributed by atoms with E-state index in [1.54, 1.807) is 0 Å². The van der Waals surface area contributed by atoms with Crippen LogP contribution < -0.4 is 5.32 Å². The first-order chi connectivity index (χ1) is 8.56. The summed E-state index contributed by atoms with van der Waals surface area (Å²) in [7, 11) is 2.21. The molecule has 3 unspecified atom stereocenters. The van der Waals surface area contributed by atoms with E-state index in [4.69, 9.17) is 0 Å². The average molecular weight is 251 g/mol. The van der Waals surface area contributed by atoms with E-state index in [0.717, 1.165) is 44.7 Å². The van der Waals surface area contributed by atoms with Gasteiger partial charge in [0, 0.05) is 12.6 Å². The topological polar surface area (TPSA) is 39.1 Å². The quantitative estimate of drug-likeness (QED) is 0.756. The SMILES string of the molecule is CCCNC1(C#N)CCC(N(C)CC(C)CC)C1. The third kappa shape index (κ3) is 3.96. The van der Waals surface area contributed by atoms with Gasteiger partial charge in [-0.25, -0.2) is 0 Å². The van der Waals surface area contributed by atoms with Gasteiger partial charge in [-0.1, -0.05) is 27.2 Å². The van der Waals surface area contributed by atoms with Gasteiger partial charge in [0.1, 0.15) is 5.54 Å². The monoisotopic (exact) mass is 251 g/mol. The van der Waals surface area contributed by atoms with Crippen molar-refractivity contribution in [2.75, 3.05) is 20.1 Å². The molecule has 0 aromatic heterocycles. The van der Waals surface area contributed by atoms with E-state index < -0.39 is 0 Å². The van der Waals surface area contributed by atoms with E-state index >= 15 is 0 Å². The molecule has 104 valence electrons. The van der Waals surface area contributed by atoms with Crippen LogP contribution in [-0.2, 0) is 0 Å². The number of nitrogens with zero attached hydrogens (tertiary/aromatic N) is 2. The molecular formula is C15H29N3. The lowest BCUT2D eigenvalue weighted by atomic mass is 9.99. The molecule has 1 N–H and O–H groups in total. The summed E-state index contributed by atoms with van der Waals surface area (Å²) < 4.78 is 0. The second kappa shape index (κ2) is 7.11. The van der Waals surface area contributed by atoms with E-state index in [2.05, 4.69) is 44.1 Å². The van der Waals surface area contributed by atoms with Crippen LogP contribution in [0.1, 0.15) is 52.9 Å². The molecule has 3 atom stereocenters. The molecule has 0 heterocycles. The van der Waals surface area contributed by atoms with Gasteiger partial charge in [-0.05, 0) is 45.2 Å². The second-order valence-electron chi connectivity index (χ2n) is 5.97. The van der Waals surface area contributed by atoms with Crippen LogP contribution in [0.2, 0.25) is 0 Å². The van der Waals surface area contributed by atoms with Crippen molar-refractivity contribution in [2.45, 2.75) is 64.5 Å². The molecule has 0 aliphatic heterocycles. The van der Waals surface area contributed by atoms with Gasteiger partial charge in [-0.15, -0.1) is 0 Å². The van der Waals surface area contributed by atoms with Crippen LogP contribution in [0.15, 0.2) is 0 Å². The smallest absolute Gasteiger partial charge is 0.108 e. The van der Waals surface area contributed by atoms with Crippen LogP contribution in [0.25, 0.3) is 0 Å². The first kappa shape index (κ1) is 15.5. The molecule has 0 radical (unpaired) electrons. The van der Waals surface area contributed by atoms with Crippen molar-refractivity contribution in [2.24, 2.45) is 5.92 Å². The zero-order chi connectivity index (χ0) is 13.6. The van der Waals surface area contributed by atoms with Gasteiger partial charge >= 0.3 is 0 Å². The largest absolute Gasteiger partial charge is 0.303 e. The first-order valence-electron chi connectivity index (χ1n) is 7.43. The summed E-state index contributed by atoms with van der Waals surface area (Å²) in [5.41, 5.74) is -0.260. The van der Waals surface area contributed by atoms with Gasteiger partial charge in [0.25, 0.3) is 0 Å². The van der Waals surface area contributed by atoms with Crippen molar-refractivity contribution in [1.82, 2.24) is 10.2 Å². The van der Waals surface area contributed by atoms with Crippen molar-refractivity contribution >= 4 is 0 Å². The highest BCUT2D eigenvalue weighted by Gasteiger charge is 2.40. The maximum absolute atomic E-state index is 9.44. The normalized spacial score (nSPS) is 29.4. The molecule has 0 spiro atoms. The van der Waals surface area contributed by atoms with Crippen LogP contribution >= 0.6 is 0 Å². The van der Waals surface area contributed by atoms with Gasteiger partial charge in [-0.3, -0.25) is 5.32 Å². The standard InChI is InChI=1S/C15H29N3/c1-5-9-17-15(12-16)8-7-14(10-15)18(4)11-13(3)6-2/h13-14,17H,5-11H2,1-4H3. The Labute approximate surface area is 113 Å². The van der Waals surface area contributed by atoms with Gasteiger partial charge < -0.3 is 4.90 Å². The molecule has 1 fully saturated rings. The van der Waals surface area contributed by atoms with Gasteiger partial charge in [0.05, 0.1) is 6.07 Å². The maximum Gasteiger partial charge on any atom is 0.108 e. The Kier molecular flexibility index (Phi) is 6.11. The summed E-state index contributed by atoms with van der Waals surface area (Å²) in [6.45, 7) is 8.80. The third-order valence-corrected chi connectivity index (χ3v) is 4.34. The Morgan fingerprint density at radius 3 is 2.78 bits per heavy atom. The number of rotatable bonds is 7. The van der Waals surface area contributed by atoms with Crippen molar-refractivity contribution in [3.63, 3.8) is 0 Å². The predicted molar refractivity (Wildman–Crippen MR) is 76.4 cm³/mol. The van der Waals surface area contributed by atoms with Crippen molar-refractivity contribution in [3.8, 4) is 6.07 Å². The zero-order valence-corrected chi connectivity index (χ0v) is 12.5. The van der Waals surface area contributed by atoms with Gasteiger partial charge in [-0.2, -0.15) is 5.26 Å². The number of nitriles is 1. The molecular weight excluding hydrogens is 222 g/mol. The molecule has 18 heavy (non-hydrogen) atoms. The van der Waals surface area contributed by atoms with Crippen molar-refractivity contribution in [3.05, 3.63) is 0 Å². The lowest BCUT2D eigenvalue weighted by molar-refractivity contribution is 0.205. The maximum atomic E-state index is 9.44. The number of hydrogen-bond acceptors (Lipinski definition) is 3. The lowest BCUT2D eigenvalue weighted by Crippen LogP contribution is -2.44. The Bertz CT molecular complexity index is 284. The van der Waals surface area contributed by atoms with Crippen molar-refractivity contribution in [1.29, 1.82) is 5.26 Å². The Morgan fingerprint density at radius 1 is 1.50 bits per heavy atom. The first-order valence-corrected chi connectivity index (χ1v) is 7.43. The minimum Gasteiger partial charge on any atom is -0.303 e. The minimum absolute atomic E-state index is 0.260. The highest BCUT2D eigenvalue weighted by atomic mass is 15.1. The molecule has 0 amide bonds. The van der Waals surface area contributed by atoms with Crippen LogP contribution in [0.4, 0.5) is 0 Å². The molecule has 0 aromatic rings. The molecule has 1 aliphatic carbocycles. The predicted octanol–water partition coefficient (Wildman–Crippen LogP) is 2.78. The van der Waals surface area contributed by atoms with E-state index in [0.29, 0.717) is 6.04 Å². The molecule has 0 aromatic carbocycles. The van der Waals surface area contributed by atoms with Crippen LogP contribution in [0.3, 0.4) is 0 Å². The van der Waals surface area contributed by atoms with E-state index in [1.165, 1.54) is 6.42 Å². The van der Waals surface area contributed by atoms with Crippen LogP contribution in [-0.4, -0.2) is 36.6 Å². The summed E-state index contributed by atoms with van der Waals surface area (Å²) in [6, 6.07) is 3.10. The molecule has 1 rings (SSSR count). The summed E-state index contributed by atoms with van der Waals surface area (Å²) in [5, 5.41) is 12.9. The molecule has 1 saturated carbocycles. The Balaban J connectivity index is 2.50. The van der Waals surface area contributed by atoms with E-state index in [1.807, 2.05) is 0 Å². The summed E-state index contributed by atoms with van der Waals surface area (Å²) in [4.78, 5) is 2.46. The number of nitrogens with one attached hydrogen (secondary N) is 1. The molecule has 3 heteroatoms. The highest BCUT2D eigenvalue weighted by molar-refractivity contribution is 5.13. The average Bonchev–Trinajstić information content (AvgIpc) is 2.81. The summed E-state index contributed by atoms with van der Waals surface area (Å²) in [5.74, 6) is 0.746. The Morgan fingerprint density at radius 2 is 2.22 bits per heavy atom. The minimum atomic E-state index is -0.260. The molecule has 0 saturated heterocycles. The van der Waals surface area contributed by atoms with Crippen molar-refractivity contribution < 1.29 is 0 Å². The molecule has 0 bridgehead atoms. The fourth-order valence-corrected chi connectivity index (χ4v) is 2.83. The van der Waals surface area contributed by atoms with E-state index in [-0.39, 0.29) is 5.54 Å². The van der Waals surface area contributed by atoms with Crippen LogP contribution in [0, 0.1) is 17.2 Å². The Hall–Kier alpha value is -0.590. The lowest BCUT2D eigenvalue weighted by Gasteiger charge is -2.28. The van der Waals surface area contributed by atoms with E-state index in [9.17, 15) is 5.26 Å². The zero-order valence-electron chi connectivity index (χ0n) is 12.5. The summed E-state index contributed by atoms with van der Waals surface area (Å²) in [6.07, 6.45) is 5.46. The highest BCUT2D eigenvalue weighted by Crippen LogP contribution is 2.32.